The van der Waals surface area contributed by atoms with E-state index in [1.165, 1.54) is 10.4 Å². The summed E-state index contributed by atoms with van der Waals surface area (Å²) in [7, 11) is -3.60. The summed E-state index contributed by atoms with van der Waals surface area (Å²) in [5.74, 6) is 1.25. The van der Waals surface area contributed by atoms with Gasteiger partial charge in [0.05, 0.1) is 4.90 Å². The molecule has 1 fully saturated rings. The van der Waals surface area contributed by atoms with E-state index >= 15 is 0 Å². The predicted molar refractivity (Wildman–Crippen MR) is 93.1 cm³/mol. The number of benzene rings is 2. The van der Waals surface area contributed by atoms with Crippen molar-refractivity contribution in [1.29, 1.82) is 0 Å². The fourth-order valence-electron chi connectivity index (χ4n) is 3.53. The van der Waals surface area contributed by atoms with Crippen molar-refractivity contribution >= 4 is 10.0 Å². The maximum Gasteiger partial charge on any atom is 0.243 e. The Morgan fingerprint density at radius 3 is 2.56 bits per heavy atom. The fraction of sp³-hybridized carbons (Fsp3) is 0.333. The van der Waals surface area contributed by atoms with Crippen LogP contribution in [0.2, 0.25) is 0 Å². The molecule has 2 atom stereocenters. The Morgan fingerprint density at radius 1 is 1.04 bits per heavy atom. The normalized spacial score (nSPS) is 23.1. The maximum absolute atomic E-state index is 13.1. The van der Waals surface area contributed by atoms with E-state index in [1.54, 1.807) is 12.1 Å². The molecule has 0 amide bonds. The van der Waals surface area contributed by atoms with Crippen LogP contribution in [-0.2, 0) is 10.0 Å². The van der Waals surface area contributed by atoms with E-state index in [1.807, 2.05) is 30.3 Å². The highest BCUT2D eigenvalue weighted by Gasteiger charge is 2.39. The first-order valence-corrected chi connectivity index (χ1v) is 9.68. The highest BCUT2D eigenvalue weighted by Crippen LogP contribution is 2.38. The lowest BCUT2D eigenvalue weighted by Crippen LogP contribution is -2.30. The number of fused-ring (bicyclic) bond motifs is 1. The lowest BCUT2D eigenvalue weighted by molar-refractivity contribution is 0.174. The van der Waals surface area contributed by atoms with Crippen LogP contribution in [0.15, 0.2) is 53.4 Å². The Bertz CT molecular complexity index is 870. The lowest BCUT2D eigenvalue weighted by Gasteiger charge is -2.17. The summed E-state index contributed by atoms with van der Waals surface area (Å²) in [6, 6.07) is 14.7. The Balaban J connectivity index is 1.63. The SMILES string of the molecule is NC[C@@H]1CN(S(=O)(=O)c2ccc3c(c2)OCO3)C[C@H]1c1ccccc1. The van der Waals surface area contributed by atoms with Crippen molar-refractivity contribution in [2.75, 3.05) is 26.4 Å². The molecule has 7 heteroatoms. The molecule has 0 radical (unpaired) electrons. The van der Waals surface area contributed by atoms with Crippen molar-refractivity contribution in [2.45, 2.75) is 10.8 Å². The van der Waals surface area contributed by atoms with E-state index in [2.05, 4.69) is 0 Å². The van der Waals surface area contributed by atoms with Crippen LogP contribution in [0.1, 0.15) is 11.5 Å². The molecule has 1 saturated heterocycles. The predicted octanol–water partition coefficient (Wildman–Crippen LogP) is 1.78. The molecule has 4 rings (SSSR count). The standard InChI is InChI=1S/C18H20N2O4S/c19-9-14-10-20(11-16(14)13-4-2-1-3-5-13)25(21,22)15-6-7-17-18(8-15)24-12-23-17/h1-8,14,16H,9-12,19H2/t14-,16+/m1/s1. The van der Waals surface area contributed by atoms with Crippen molar-refractivity contribution in [3.8, 4) is 11.5 Å². The zero-order valence-corrected chi connectivity index (χ0v) is 14.5. The highest BCUT2D eigenvalue weighted by molar-refractivity contribution is 7.89. The first-order valence-electron chi connectivity index (χ1n) is 8.24. The summed E-state index contributed by atoms with van der Waals surface area (Å²) in [5.41, 5.74) is 7.05. The first kappa shape index (κ1) is 16.4. The average Bonchev–Trinajstić information content (AvgIpc) is 3.28. The topological polar surface area (TPSA) is 81.9 Å². The van der Waals surface area contributed by atoms with Crippen molar-refractivity contribution in [1.82, 2.24) is 4.31 Å². The molecule has 0 unspecified atom stereocenters. The molecular weight excluding hydrogens is 340 g/mol. The van der Waals surface area contributed by atoms with Gasteiger partial charge in [-0.15, -0.1) is 0 Å². The second kappa shape index (κ2) is 6.33. The molecule has 0 spiro atoms. The van der Waals surface area contributed by atoms with Gasteiger partial charge in [0, 0.05) is 25.1 Å². The Kier molecular flexibility index (Phi) is 4.15. The molecule has 6 nitrogen and oxygen atoms in total. The van der Waals surface area contributed by atoms with E-state index < -0.39 is 10.0 Å². The molecule has 0 saturated carbocycles. The number of rotatable bonds is 4. The maximum atomic E-state index is 13.1. The fourth-order valence-corrected chi connectivity index (χ4v) is 5.07. The van der Waals surface area contributed by atoms with E-state index in [0.29, 0.717) is 31.1 Å². The molecule has 132 valence electrons. The van der Waals surface area contributed by atoms with Crippen LogP contribution in [-0.4, -0.2) is 39.2 Å². The quantitative estimate of drug-likeness (QED) is 0.899. The van der Waals surface area contributed by atoms with E-state index in [9.17, 15) is 8.42 Å². The molecule has 2 heterocycles. The van der Waals surface area contributed by atoms with E-state index in [-0.39, 0.29) is 23.5 Å². The van der Waals surface area contributed by atoms with Crippen LogP contribution in [0.4, 0.5) is 0 Å². The van der Waals surface area contributed by atoms with Crippen LogP contribution in [0.25, 0.3) is 0 Å². The molecule has 2 aromatic rings. The molecule has 2 N–H and O–H groups in total. The number of ether oxygens (including phenoxy) is 2. The van der Waals surface area contributed by atoms with Gasteiger partial charge in [-0.3, -0.25) is 0 Å². The summed E-state index contributed by atoms with van der Waals surface area (Å²) >= 11 is 0. The van der Waals surface area contributed by atoms with Crippen LogP contribution in [0, 0.1) is 5.92 Å². The van der Waals surface area contributed by atoms with E-state index in [0.717, 1.165) is 5.56 Å². The van der Waals surface area contributed by atoms with Crippen molar-refractivity contribution in [3.63, 3.8) is 0 Å². The Labute approximate surface area is 147 Å². The van der Waals surface area contributed by atoms with E-state index in [4.69, 9.17) is 15.2 Å². The van der Waals surface area contributed by atoms with Crippen LogP contribution in [0.5, 0.6) is 11.5 Å². The van der Waals surface area contributed by atoms with Gasteiger partial charge in [-0.1, -0.05) is 30.3 Å². The Morgan fingerprint density at radius 2 is 1.80 bits per heavy atom. The lowest BCUT2D eigenvalue weighted by atomic mass is 9.89. The van der Waals surface area contributed by atoms with Crippen molar-refractivity contribution in [3.05, 3.63) is 54.1 Å². The summed E-state index contributed by atoms with van der Waals surface area (Å²) in [5, 5.41) is 0. The molecule has 2 aliphatic heterocycles. The second-order valence-corrected chi connectivity index (χ2v) is 8.29. The third kappa shape index (κ3) is 2.88. The highest BCUT2D eigenvalue weighted by atomic mass is 32.2. The van der Waals surface area contributed by atoms with Gasteiger partial charge < -0.3 is 15.2 Å². The average molecular weight is 360 g/mol. The van der Waals surface area contributed by atoms with Crippen LogP contribution >= 0.6 is 0 Å². The molecule has 2 aromatic carbocycles. The minimum atomic E-state index is -3.60. The zero-order valence-electron chi connectivity index (χ0n) is 13.7. The van der Waals surface area contributed by atoms with Gasteiger partial charge in [0.1, 0.15) is 0 Å². The minimum absolute atomic E-state index is 0.103. The number of hydrogen-bond acceptors (Lipinski definition) is 5. The first-order chi connectivity index (χ1) is 12.1. The van der Waals surface area contributed by atoms with Gasteiger partial charge in [0.25, 0.3) is 0 Å². The molecule has 0 bridgehead atoms. The smallest absolute Gasteiger partial charge is 0.243 e. The third-order valence-electron chi connectivity index (χ3n) is 4.92. The van der Waals surface area contributed by atoms with Gasteiger partial charge in [0.2, 0.25) is 16.8 Å². The third-order valence-corrected chi connectivity index (χ3v) is 6.75. The van der Waals surface area contributed by atoms with Gasteiger partial charge in [-0.2, -0.15) is 4.31 Å². The van der Waals surface area contributed by atoms with Gasteiger partial charge in [0.15, 0.2) is 11.5 Å². The number of nitrogens with two attached hydrogens (primary N) is 1. The molecule has 0 aromatic heterocycles. The number of nitrogens with zero attached hydrogens (tertiary/aromatic N) is 1. The van der Waals surface area contributed by atoms with Crippen LogP contribution in [0.3, 0.4) is 0 Å². The number of sulfonamides is 1. The summed E-state index contributed by atoms with van der Waals surface area (Å²) in [4.78, 5) is 0.223. The molecule has 0 aliphatic carbocycles. The molecular formula is C18H20N2O4S. The largest absolute Gasteiger partial charge is 0.454 e. The molecule has 2 aliphatic rings. The second-order valence-electron chi connectivity index (χ2n) is 6.35. The monoisotopic (exact) mass is 360 g/mol. The molecule has 25 heavy (non-hydrogen) atoms. The van der Waals surface area contributed by atoms with Crippen molar-refractivity contribution < 1.29 is 17.9 Å². The number of hydrogen-bond donors (Lipinski definition) is 1. The summed E-state index contributed by atoms with van der Waals surface area (Å²) in [6.45, 7) is 1.43. The Hall–Kier alpha value is -2.09. The van der Waals surface area contributed by atoms with Gasteiger partial charge >= 0.3 is 0 Å². The minimum Gasteiger partial charge on any atom is -0.454 e. The van der Waals surface area contributed by atoms with Crippen molar-refractivity contribution in [2.24, 2.45) is 11.7 Å². The van der Waals surface area contributed by atoms with Gasteiger partial charge in [-0.05, 0) is 30.2 Å². The summed E-state index contributed by atoms with van der Waals surface area (Å²) in [6.07, 6.45) is 0. The van der Waals surface area contributed by atoms with Crippen LogP contribution < -0.4 is 15.2 Å². The zero-order chi connectivity index (χ0) is 17.4. The summed E-state index contributed by atoms with van der Waals surface area (Å²) < 4.78 is 38.2. The van der Waals surface area contributed by atoms with Gasteiger partial charge in [-0.25, -0.2) is 8.42 Å².